The number of nitrogens with zero attached hydrogens (tertiary/aromatic N) is 3. The minimum Gasteiger partial charge on any atom is -0.375 e. The summed E-state index contributed by atoms with van der Waals surface area (Å²) in [7, 11) is 0. The van der Waals surface area contributed by atoms with Crippen LogP contribution in [-0.2, 0) is 0 Å². The summed E-state index contributed by atoms with van der Waals surface area (Å²) in [6.45, 7) is 4.04. The monoisotopic (exact) mass is 380 g/mol. The zero-order valence-electron chi connectivity index (χ0n) is 15.0. The van der Waals surface area contributed by atoms with Crippen LogP contribution in [-0.4, -0.2) is 52.8 Å². The fourth-order valence-electron chi connectivity index (χ4n) is 3.48. The van der Waals surface area contributed by atoms with E-state index in [0.717, 1.165) is 16.3 Å². The molecule has 0 bridgehead atoms. The minimum absolute atomic E-state index is 0.0104. The van der Waals surface area contributed by atoms with Crippen molar-refractivity contribution < 1.29 is 9.59 Å². The SMILES string of the molecule is Cc1cccc2c(C(=O)N3CCN(C(=O)c4csc(N)n4)CC3)cccc12. The van der Waals surface area contributed by atoms with Crippen molar-refractivity contribution in [1.82, 2.24) is 14.8 Å². The van der Waals surface area contributed by atoms with Crippen molar-refractivity contribution in [3.8, 4) is 0 Å². The van der Waals surface area contributed by atoms with Crippen molar-refractivity contribution >= 4 is 39.1 Å². The number of carbonyl (C=O) groups excluding carboxylic acids is 2. The van der Waals surface area contributed by atoms with Crippen molar-refractivity contribution in [3.05, 3.63) is 58.6 Å². The van der Waals surface area contributed by atoms with Gasteiger partial charge in [0.15, 0.2) is 5.13 Å². The van der Waals surface area contributed by atoms with Gasteiger partial charge in [0.1, 0.15) is 5.69 Å². The Morgan fingerprint density at radius 2 is 1.59 bits per heavy atom. The second-order valence-electron chi connectivity index (χ2n) is 6.63. The zero-order chi connectivity index (χ0) is 19.0. The van der Waals surface area contributed by atoms with Gasteiger partial charge in [0, 0.05) is 37.1 Å². The highest BCUT2D eigenvalue weighted by atomic mass is 32.1. The van der Waals surface area contributed by atoms with Crippen LogP contribution >= 0.6 is 11.3 Å². The molecule has 6 nitrogen and oxygen atoms in total. The molecule has 27 heavy (non-hydrogen) atoms. The summed E-state index contributed by atoms with van der Waals surface area (Å²) in [4.78, 5) is 33.2. The number of nitrogens with two attached hydrogens (primary N) is 1. The molecule has 2 amide bonds. The number of fused-ring (bicyclic) bond motifs is 1. The van der Waals surface area contributed by atoms with Crippen LogP contribution in [0.15, 0.2) is 41.8 Å². The number of carbonyl (C=O) groups is 2. The molecule has 2 aromatic carbocycles. The van der Waals surface area contributed by atoms with Crippen LogP contribution in [0.2, 0.25) is 0 Å². The predicted molar refractivity (Wildman–Crippen MR) is 107 cm³/mol. The van der Waals surface area contributed by atoms with E-state index in [4.69, 9.17) is 5.73 Å². The summed E-state index contributed by atoms with van der Waals surface area (Å²) in [5.74, 6) is -0.118. The van der Waals surface area contributed by atoms with Crippen LogP contribution in [0.5, 0.6) is 0 Å². The fourth-order valence-corrected chi connectivity index (χ4v) is 4.02. The number of thiazole rings is 1. The van der Waals surface area contributed by atoms with Crippen molar-refractivity contribution in [3.63, 3.8) is 0 Å². The summed E-state index contributed by atoms with van der Waals surface area (Å²) < 4.78 is 0. The largest absolute Gasteiger partial charge is 0.375 e. The van der Waals surface area contributed by atoms with Gasteiger partial charge >= 0.3 is 0 Å². The van der Waals surface area contributed by atoms with E-state index in [1.165, 1.54) is 11.3 Å². The van der Waals surface area contributed by atoms with Gasteiger partial charge in [-0.2, -0.15) is 0 Å². The molecule has 0 spiro atoms. The van der Waals surface area contributed by atoms with Crippen molar-refractivity contribution in [2.45, 2.75) is 6.92 Å². The molecule has 7 heteroatoms. The van der Waals surface area contributed by atoms with E-state index < -0.39 is 0 Å². The molecule has 2 N–H and O–H groups in total. The predicted octanol–water partition coefficient (Wildman–Crippen LogP) is 2.79. The molecule has 0 radical (unpaired) electrons. The van der Waals surface area contributed by atoms with Crippen LogP contribution in [0.1, 0.15) is 26.4 Å². The van der Waals surface area contributed by atoms with Gasteiger partial charge in [-0.25, -0.2) is 4.98 Å². The lowest BCUT2D eigenvalue weighted by Gasteiger charge is -2.34. The standard InChI is InChI=1S/C20H20N4O2S/c1-13-4-2-6-15-14(13)5-3-7-16(15)18(25)23-8-10-24(11-9-23)19(26)17-12-27-20(21)22-17/h2-7,12H,8-11H2,1H3,(H2,21,22). The number of benzene rings is 2. The lowest BCUT2D eigenvalue weighted by Crippen LogP contribution is -2.50. The van der Waals surface area contributed by atoms with E-state index in [1.807, 2.05) is 48.2 Å². The Kier molecular flexibility index (Phi) is 4.53. The van der Waals surface area contributed by atoms with Gasteiger partial charge in [0.25, 0.3) is 11.8 Å². The highest BCUT2D eigenvalue weighted by Gasteiger charge is 2.27. The van der Waals surface area contributed by atoms with E-state index in [1.54, 1.807) is 10.3 Å². The van der Waals surface area contributed by atoms with Crippen LogP contribution in [0.3, 0.4) is 0 Å². The normalized spacial score (nSPS) is 14.6. The molecule has 1 fully saturated rings. The summed E-state index contributed by atoms with van der Waals surface area (Å²) in [6, 6.07) is 11.9. The summed E-state index contributed by atoms with van der Waals surface area (Å²) in [6.07, 6.45) is 0. The average molecular weight is 380 g/mol. The number of anilines is 1. The fraction of sp³-hybridized carbons (Fsp3) is 0.250. The van der Waals surface area contributed by atoms with E-state index in [0.29, 0.717) is 42.6 Å². The molecule has 1 aliphatic rings. The van der Waals surface area contributed by atoms with Gasteiger partial charge in [0.05, 0.1) is 0 Å². The van der Waals surface area contributed by atoms with Crippen LogP contribution in [0, 0.1) is 6.92 Å². The van der Waals surface area contributed by atoms with E-state index in [2.05, 4.69) is 4.98 Å². The van der Waals surface area contributed by atoms with Crippen molar-refractivity contribution in [2.24, 2.45) is 0 Å². The molecule has 1 aromatic heterocycles. The third-order valence-corrected chi connectivity index (χ3v) is 5.64. The summed E-state index contributed by atoms with van der Waals surface area (Å²) >= 11 is 1.26. The topological polar surface area (TPSA) is 79.5 Å². The molecular weight excluding hydrogens is 360 g/mol. The van der Waals surface area contributed by atoms with Gasteiger partial charge < -0.3 is 15.5 Å². The molecule has 0 aliphatic carbocycles. The van der Waals surface area contributed by atoms with Crippen LogP contribution in [0.25, 0.3) is 10.8 Å². The quantitative estimate of drug-likeness (QED) is 0.741. The first-order valence-corrected chi connectivity index (χ1v) is 9.70. The number of aromatic nitrogens is 1. The Morgan fingerprint density at radius 3 is 2.26 bits per heavy atom. The maximum Gasteiger partial charge on any atom is 0.273 e. The number of rotatable bonds is 2. The van der Waals surface area contributed by atoms with Gasteiger partial charge in [-0.15, -0.1) is 11.3 Å². The van der Waals surface area contributed by atoms with E-state index in [-0.39, 0.29) is 11.8 Å². The van der Waals surface area contributed by atoms with Gasteiger partial charge in [-0.1, -0.05) is 30.3 Å². The Bertz CT molecular complexity index is 1020. The van der Waals surface area contributed by atoms with Gasteiger partial charge in [-0.05, 0) is 29.3 Å². The Morgan fingerprint density at radius 1 is 0.963 bits per heavy atom. The Labute approximate surface area is 161 Å². The first-order chi connectivity index (χ1) is 13.0. The molecule has 138 valence electrons. The minimum atomic E-state index is -0.129. The number of hydrogen-bond donors (Lipinski definition) is 1. The van der Waals surface area contributed by atoms with Crippen molar-refractivity contribution in [2.75, 3.05) is 31.9 Å². The van der Waals surface area contributed by atoms with Crippen LogP contribution in [0.4, 0.5) is 5.13 Å². The lowest BCUT2D eigenvalue weighted by atomic mass is 10.00. The smallest absolute Gasteiger partial charge is 0.273 e. The second kappa shape index (κ2) is 7.00. The number of hydrogen-bond acceptors (Lipinski definition) is 5. The highest BCUT2D eigenvalue weighted by Crippen LogP contribution is 2.24. The summed E-state index contributed by atoms with van der Waals surface area (Å²) in [5.41, 5.74) is 7.85. The number of piperazine rings is 1. The van der Waals surface area contributed by atoms with Gasteiger partial charge in [-0.3, -0.25) is 9.59 Å². The molecule has 2 heterocycles. The van der Waals surface area contributed by atoms with E-state index >= 15 is 0 Å². The summed E-state index contributed by atoms with van der Waals surface area (Å²) in [5, 5.41) is 4.13. The molecule has 0 atom stereocenters. The zero-order valence-corrected chi connectivity index (χ0v) is 15.8. The average Bonchev–Trinajstić information content (AvgIpc) is 3.13. The number of nitrogen functional groups attached to an aromatic ring is 1. The number of aryl methyl sites for hydroxylation is 1. The first-order valence-electron chi connectivity index (χ1n) is 8.82. The third-order valence-electron chi connectivity index (χ3n) is 4.97. The molecule has 1 saturated heterocycles. The molecular formula is C20H20N4O2S. The highest BCUT2D eigenvalue weighted by molar-refractivity contribution is 7.13. The Balaban J connectivity index is 1.49. The van der Waals surface area contributed by atoms with Crippen molar-refractivity contribution in [1.29, 1.82) is 0 Å². The number of amides is 2. The Hall–Kier alpha value is -2.93. The van der Waals surface area contributed by atoms with Crippen LogP contribution < -0.4 is 5.73 Å². The second-order valence-corrected chi connectivity index (χ2v) is 7.52. The maximum absolute atomic E-state index is 13.1. The molecule has 0 saturated carbocycles. The molecule has 3 aromatic rings. The molecule has 0 unspecified atom stereocenters. The maximum atomic E-state index is 13.1. The van der Waals surface area contributed by atoms with E-state index in [9.17, 15) is 9.59 Å². The molecule has 4 rings (SSSR count). The van der Waals surface area contributed by atoms with Gasteiger partial charge in [0.2, 0.25) is 0 Å². The lowest BCUT2D eigenvalue weighted by molar-refractivity contribution is 0.0534. The molecule has 1 aliphatic heterocycles. The first kappa shape index (κ1) is 17.5. The third kappa shape index (κ3) is 3.26.